The Hall–Kier alpha value is -4.78. The quantitative estimate of drug-likeness (QED) is 0.127. The number of carbonyl (C=O) groups excluding carboxylic acids is 6. The van der Waals surface area contributed by atoms with Crippen molar-refractivity contribution in [2.24, 2.45) is 17.6 Å². The number of nitrogens with two attached hydrogens (primary N) is 1. The number of aliphatic hydroxyl groups is 1. The summed E-state index contributed by atoms with van der Waals surface area (Å²) in [6.45, 7) is 4.61. The van der Waals surface area contributed by atoms with Crippen LogP contribution >= 0.6 is 0 Å². The van der Waals surface area contributed by atoms with Crippen molar-refractivity contribution >= 4 is 35.4 Å². The minimum Gasteiger partial charge on any atom is -0.381 e. The lowest BCUT2D eigenvalue weighted by Crippen LogP contribution is -2.59. The van der Waals surface area contributed by atoms with E-state index in [1.165, 1.54) is 11.3 Å². The molecule has 0 unspecified atom stereocenters. The van der Waals surface area contributed by atoms with Crippen LogP contribution in [0.5, 0.6) is 0 Å². The smallest absolute Gasteiger partial charge is 0.254 e. The molecule has 1 saturated carbocycles. The van der Waals surface area contributed by atoms with Crippen LogP contribution in [0.1, 0.15) is 89.2 Å². The Kier molecular flexibility index (Phi) is 16.5. The van der Waals surface area contributed by atoms with Crippen LogP contribution in [0.4, 0.5) is 0 Å². The van der Waals surface area contributed by atoms with Crippen molar-refractivity contribution < 1.29 is 33.9 Å². The summed E-state index contributed by atoms with van der Waals surface area (Å²) in [5.74, 6) is -3.30. The number of primary amides is 1. The van der Waals surface area contributed by atoms with E-state index >= 15 is 0 Å². The zero-order valence-electron chi connectivity index (χ0n) is 31.6. The van der Waals surface area contributed by atoms with Gasteiger partial charge in [-0.2, -0.15) is 0 Å². The van der Waals surface area contributed by atoms with E-state index in [1.54, 1.807) is 24.3 Å². The van der Waals surface area contributed by atoms with Gasteiger partial charge in [0.15, 0.2) is 6.10 Å². The standard InChI is InChI=1S/C41H58N6O7/c1-3-27(2)36(40(53)43-26-30-18-11-6-12-19-30)46-39(52)33-20-13-23-47(33)41(54)37(50)31(24-29-16-9-5-10-17-29)45-38(51)32(25-34(42)48)44-35(49)22-21-28-14-7-4-8-15-28/h4-5,7-10,14-17,27,30-33,36-37,50H,3,6,11-13,18-26H2,1-2H3,(H2,42,48)(H,43,53)(H,44,49)(H,45,51)(H,46,52)/t27-,31+,32+,33+,36+,37+/m1/s1. The molecule has 294 valence electrons. The zero-order valence-corrected chi connectivity index (χ0v) is 31.6. The van der Waals surface area contributed by atoms with Gasteiger partial charge in [0.05, 0.1) is 12.5 Å². The molecular weight excluding hydrogens is 688 g/mol. The molecule has 1 saturated heterocycles. The number of hydrogen-bond donors (Lipinski definition) is 6. The zero-order chi connectivity index (χ0) is 39.0. The summed E-state index contributed by atoms with van der Waals surface area (Å²) in [4.78, 5) is 81.0. The molecule has 0 spiro atoms. The van der Waals surface area contributed by atoms with Gasteiger partial charge < -0.3 is 37.0 Å². The Morgan fingerprint density at radius 2 is 1.48 bits per heavy atom. The van der Waals surface area contributed by atoms with E-state index in [4.69, 9.17) is 5.73 Å². The van der Waals surface area contributed by atoms with Crippen LogP contribution in [0.3, 0.4) is 0 Å². The minimum atomic E-state index is -1.78. The molecule has 0 bridgehead atoms. The van der Waals surface area contributed by atoms with E-state index in [1.807, 2.05) is 50.2 Å². The molecule has 2 aliphatic rings. The SMILES string of the molecule is CC[C@@H](C)[C@H](NC(=O)[C@@H]1CCCN1C(=O)[C@@H](O)[C@H](Cc1ccccc1)NC(=O)[C@H](CC(N)=O)NC(=O)CCc1ccccc1)C(=O)NCC1CCCCC1. The van der Waals surface area contributed by atoms with E-state index in [0.29, 0.717) is 43.7 Å². The Balaban J connectivity index is 1.45. The largest absolute Gasteiger partial charge is 0.381 e. The van der Waals surface area contributed by atoms with Gasteiger partial charge in [0, 0.05) is 19.5 Å². The topological polar surface area (TPSA) is 200 Å². The molecule has 0 radical (unpaired) electrons. The highest BCUT2D eigenvalue weighted by Crippen LogP contribution is 2.24. The number of aryl methyl sites for hydroxylation is 1. The number of nitrogens with zero attached hydrogens (tertiary/aromatic N) is 1. The van der Waals surface area contributed by atoms with Crippen molar-refractivity contribution in [3.05, 3.63) is 71.8 Å². The van der Waals surface area contributed by atoms with Gasteiger partial charge in [-0.15, -0.1) is 0 Å². The van der Waals surface area contributed by atoms with Crippen molar-refractivity contribution in [1.29, 1.82) is 0 Å². The summed E-state index contributed by atoms with van der Waals surface area (Å²) in [5.41, 5.74) is 7.08. The Bertz CT molecular complexity index is 1550. The maximum atomic E-state index is 14.0. The third kappa shape index (κ3) is 12.7. The summed E-state index contributed by atoms with van der Waals surface area (Å²) >= 11 is 0. The molecule has 13 nitrogen and oxygen atoms in total. The van der Waals surface area contributed by atoms with Crippen molar-refractivity contribution in [1.82, 2.24) is 26.2 Å². The molecule has 2 fully saturated rings. The maximum absolute atomic E-state index is 14.0. The monoisotopic (exact) mass is 746 g/mol. The van der Waals surface area contributed by atoms with E-state index in [-0.39, 0.29) is 31.2 Å². The number of amides is 6. The van der Waals surface area contributed by atoms with E-state index < -0.39 is 66.2 Å². The van der Waals surface area contributed by atoms with Crippen LogP contribution in [0.25, 0.3) is 0 Å². The van der Waals surface area contributed by atoms with Crippen LogP contribution in [-0.2, 0) is 41.6 Å². The van der Waals surface area contributed by atoms with Crippen molar-refractivity contribution in [2.45, 2.75) is 121 Å². The Morgan fingerprint density at radius 3 is 2.11 bits per heavy atom. The molecule has 2 aromatic rings. The fraction of sp³-hybridized carbons (Fsp3) is 0.561. The molecule has 1 aliphatic heterocycles. The predicted molar refractivity (Wildman–Crippen MR) is 204 cm³/mol. The van der Waals surface area contributed by atoms with Gasteiger partial charge in [-0.25, -0.2) is 0 Å². The van der Waals surface area contributed by atoms with E-state index in [2.05, 4.69) is 21.3 Å². The maximum Gasteiger partial charge on any atom is 0.254 e. The number of carbonyl (C=O) groups is 6. The van der Waals surface area contributed by atoms with Gasteiger partial charge in [-0.3, -0.25) is 28.8 Å². The highest BCUT2D eigenvalue weighted by Gasteiger charge is 2.41. The van der Waals surface area contributed by atoms with Crippen LogP contribution in [0.15, 0.2) is 60.7 Å². The lowest BCUT2D eigenvalue weighted by Gasteiger charge is -2.32. The number of likely N-dealkylation sites (tertiary alicyclic amines) is 1. The third-order valence-corrected chi connectivity index (χ3v) is 10.7. The number of benzene rings is 2. The summed E-state index contributed by atoms with van der Waals surface area (Å²) in [5, 5.41) is 22.9. The van der Waals surface area contributed by atoms with Crippen LogP contribution in [-0.4, -0.2) is 88.8 Å². The molecule has 6 atom stereocenters. The number of nitrogens with one attached hydrogen (secondary N) is 4. The number of aliphatic hydroxyl groups excluding tert-OH is 1. The van der Waals surface area contributed by atoms with Gasteiger partial charge in [-0.1, -0.05) is 100 Å². The summed E-state index contributed by atoms with van der Waals surface area (Å²) in [6.07, 6.45) is 5.38. The molecule has 6 amide bonds. The fourth-order valence-corrected chi connectivity index (χ4v) is 7.32. The van der Waals surface area contributed by atoms with Crippen molar-refractivity contribution in [2.75, 3.05) is 13.1 Å². The number of hydrogen-bond acceptors (Lipinski definition) is 7. The molecule has 4 rings (SSSR count). The van der Waals surface area contributed by atoms with Crippen molar-refractivity contribution in [3.8, 4) is 0 Å². The fourth-order valence-electron chi connectivity index (χ4n) is 7.32. The van der Waals surface area contributed by atoms with Crippen LogP contribution in [0.2, 0.25) is 0 Å². The Morgan fingerprint density at radius 1 is 0.833 bits per heavy atom. The first-order valence-electron chi connectivity index (χ1n) is 19.5. The first-order chi connectivity index (χ1) is 26.0. The number of rotatable bonds is 19. The highest BCUT2D eigenvalue weighted by molar-refractivity contribution is 5.95. The summed E-state index contributed by atoms with van der Waals surface area (Å²) in [7, 11) is 0. The van der Waals surface area contributed by atoms with E-state index in [9.17, 15) is 33.9 Å². The first kappa shape index (κ1) is 42.0. The van der Waals surface area contributed by atoms with Gasteiger partial charge in [0.2, 0.25) is 29.5 Å². The molecule has 2 aromatic carbocycles. The molecular formula is C41H58N6O7. The Labute approximate surface area is 318 Å². The van der Waals surface area contributed by atoms with Crippen molar-refractivity contribution in [3.63, 3.8) is 0 Å². The first-order valence-corrected chi connectivity index (χ1v) is 19.5. The minimum absolute atomic E-state index is 0.0344. The lowest BCUT2D eigenvalue weighted by atomic mass is 9.89. The summed E-state index contributed by atoms with van der Waals surface area (Å²) in [6, 6.07) is 14.0. The molecule has 0 aromatic heterocycles. The molecule has 1 aliphatic carbocycles. The average Bonchev–Trinajstić information content (AvgIpc) is 3.68. The average molecular weight is 747 g/mol. The summed E-state index contributed by atoms with van der Waals surface area (Å²) < 4.78 is 0. The molecule has 54 heavy (non-hydrogen) atoms. The van der Waals surface area contributed by atoms with Gasteiger partial charge in [0.25, 0.3) is 5.91 Å². The second-order valence-corrected chi connectivity index (χ2v) is 14.8. The third-order valence-electron chi connectivity index (χ3n) is 10.7. The van der Waals surface area contributed by atoms with Gasteiger partial charge in [-0.05, 0) is 61.5 Å². The molecule has 1 heterocycles. The molecule has 7 N–H and O–H groups in total. The lowest BCUT2D eigenvalue weighted by molar-refractivity contribution is -0.147. The molecule has 13 heteroatoms. The van der Waals surface area contributed by atoms with Gasteiger partial charge >= 0.3 is 0 Å². The van der Waals surface area contributed by atoms with Gasteiger partial charge in [0.1, 0.15) is 18.1 Å². The highest BCUT2D eigenvalue weighted by atomic mass is 16.3. The van der Waals surface area contributed by atoms with Crippen LogP contribution < -0.4 is 27.0 Å². The van der Waals surface area contributed by atoms with E-state index in [0.717, 1.165) is 31.2 Å². The normalized spacial score (nSPS) is 18.7. The second kappa shape index (κ2) is 21.2. The van der Waals surface area contributed by atoms with Crippen LogP contribution in [0, 0.1) is 11.8 Å². The second-order valence-electron chi connectivity index (χ2n) is 14.8. The predicted octanol–water partition coefficient (Wildman–Crippen LogP) is 2.29.